The minimum absolute atomic E-state index is 0.0151. The van der Waals surface area contributed by atoms with Gasteiger partial charge in [0.2, 0.25) is 5.88 Å². The summed E-state index contributed by atoms with van der Waals surface area (Å²) < 4.78 is 15.8. The molecule has 0 bridgehead atoms. The second kappa shape index (κ2) is 8.84. The SMILES string of the molecule is COc1nccc(NC(=O)OC(C)(C)C)c1CNCC(=O)OC(C)(C)C. The number of hydrogen-bond acceptors (Lipinski definition) is 7. The molecule has 1 heterocycles. The lowest BCUT2D eigenvalue weighted by Gasteiger charge is -2.21. The van der Waals surface area contributed by atoms with Gasteiger partial charge in [-0.1, -0.05) is 0 Å². The van der Waals surface area contributed by atoms with Crippen LogP contribution in [0, 0.1) is 0 Å². The number of anilines is 1. The number of methoxy groups -OCH3 is 1. The minimum atomic E-state index is -0.615. The van der Waals surface area contributed by atoms with Crippen molar-refractivity contribution in [2.75, 3.05) is 19.0 Å². The van der Waals surface area contributed by atoms with Crippen molar-refractivity contribution in [3.05, 3.63) is 17.8 Å². The van der Waals surface area contributed by atoms with Crippen LogP contribution in [0.4, 0.5) is 10.5 Å². The summed E-state index contributed by atoms with van der Waals surface area (Å²) in [4.78, 5) is 28.0. The molecule has 146 valence electrons. The molecule has 0 spiro atoms. The van der Waals surface area contributed by atoms with Crippen molar-refractivity contribution in [2.45, 2.75) is 59.3 Å². The maximum absolute atomic E-state index is 12.0. The van der Waals surface area contributed by atoms with Gasteiger partial charge in [-0.3, -0.25) is 10.1 Å². The molecule has 0 saturated heterocycles. The Labute approximate surface area is 154 Å². The lowest BCUT2D eigenvalue weighted by Crippen LogP contribution is -2.32. The quantitative estimate of drug-likeness (QED) is 0.746. The van der Waals surface area contributed by atoms with Gasteiger partial charge in [0.05, 0.1) is 24.9 Å². The minimum Gasteiger partial charge on any atom is -0.481 e. The third-order valence-corrected chi connectivity index (χ3v) is 2.84. The van der Waals surface area contributed by atoms with E-state index in [0.717, 1.165) is 0 Å². The van der Waals surface area contributed by atoms with Crippen LogP contribution in [-0.2, 0) is 20.8 Å². The van der Waals surface area contributed by atoms with E-state index in [1.807, 2.05) is 0 Å². The fourth-order valence-electron chi connectivity index (χ4n) is 2.02. The van der Waals surface area contributed by atoms with Gasteiger partial charge >= 0.3 is 12.1 Å². The number of hydrogen-bond donors (Lipinski definition) is 2. The van der Waals surface area contributed by atoms with Gasteiger partial charge in [-0.25, -0.2) is 9.78 Å². The maximum Gasteiger partial charge on any atom is 0.412 e. The van der Waals surface area contributed by atoms with Gasteiger partial charge in [0.25, 0.3) is 0 Å². The Balaban J connectivity index is 2.79. The first-order chi connectivity index (χ1) is 11.9. The van der Waals surface area contributed by atoms with E-state index in [2.05, 4.69) is 15.6 Å². The molecule has 8 heteroatoms. The lowest BCUT2D eigenvalue weighted by molar-refractivity contribution is -0.153. The number of pyridine rings is 1. The number of rotatable bonds is 6. The molecule has 0 saturated carbocycles. The third-order valence-electron chi connectivity index (χ3n) is 2.84. The fourth-order valence-corrected chi connectivity index (χ4v) is 2.02. The number of nitrogens with one attached hydrogen (secondary N) is 2. The average molecular weight is 367 g/mol. The van der Waals surface area contributed by atoms with Crippen LogP contribution in [0.25, 0.3) is 0 Å². The lowest BCUT2D eigenvalue weighted by atomic mass is 10.2. The molecular formula is C18H29N3O5. The van der Waals surface area contributed by atoms with Crippen molar-refractivity contribution in [2.24, 2.45) is 0 Å². The molecule has 26 heavy (non-hydrogen) atoms. The van der Waals surface area contributed by atoms with Gasteiger partial charge in [0.1, 0.15) is 11.2 Å². The van der Waals surface area contributed by atoms with Crippen molar-refractivity contribution >= 4 is 17.7 Å². The van der Waals surface area contributed by atoms with E-state index in [4.69, 9.17) is 14.2 Å². The number of ether oxygens (including phenoxy) is 3. The van der Waals surface area contributed by atoms with Crippen LogP contribution >= 0.6 is 0 Å². The molecule has 0 unspecified atom stereocenters. The van der Waals surface area contributed by atoms with E-state index >= 15 is 0 Å². The van der Waals surface area contributed by atoms with E-state index < -0.39 is 17.3 Å². The van der Waals surface area contributed by atoms with Gasteiger partial charge in [-0.15, -0.1) is 0 Å². The number of amides is 1. The van der Waals surface area contributed by atoms with Gasteiger partial charge in [0.15, 0.2) is 0 Å². The van der Waals surface area contributed by atoms with E-state index in [9.17, 15) is 9.59 Å². The number of carbonyl (C=O) groups is 2. The molecule has 0 atom stereocenters. The highest BCUT2D eigenvalue weighted by atomic mass is 16.6. The van der Waals surface area contributed by atoms with Crippen LogP contribution in [0.5, 0.6) is 5.88 Å². The third kappa shape index (κ3) is 8.15. The van der Waals surface area contributed by atoms with Crippen molar-refractivity contribution < 1.29 is 23.8 Å². The topological polar surface area (TPSA) is 98.8 Å². The van der Waals surface area contributed by atoms with E-state index in [1.54, 1.807) is 47.6 Å². The first kappa shape index (κ1) is 21.7. The highest BCUT2D eigenvalue weighted by molar-refractivity contribution is 5.86. The Bertz CT molecular complexity index is 633. The molecule has 0 aromatic carbocycles. The summed E-state index contributed by atoms with van der Waals surface area (Å²) in [6.45, 7) is 11.0. The second-order valence-corrected chi connectivity index (χ2v) is 7.66. The molecule has 0 radical (unpaired) electrons. The van der Waals surface area contributed by atoms with Crippen LogP contribution in [0.15, 0.2) is 12.3 Å². The molecule has 1 aromatic rings. The average Bonchev–Trinajstić information content (AvgIpc) is 2.44. The molecule has 0 aliphatic heterocycles. The number of esters is 1. The van der Waals surface area contributed by atoms with Gasteiger partial charge in [0, 0.05) is 12.7 Å². The van der Waals surface area contributed by atoms with Crippen molar-refractivity contribution in [1.82, 2.24) is 10.3 Å². The molecule has 0 aliphatic carbocycles. The van der Waals surface area contributed by atoms with Crippen LogP contribution in [0.2, 0.25) is 0 Å². The van der Waals surface area contributed by atoms with Gasteiger partial charge in [-0.05, 0) is 47.6 Å². The van der Waals surface area contributed by atoms with E-state index in [0.29, 0.717) is 17.1 Å². The van der Waals surface area contributed by atoms with Crippen LogP contribution in [0.1, 0.15) is 47.1 Å². The highest BCUT2D eigenvalue weighted by Gasteiger charge is 2.20. The molecule has 0 aliphatic rings. The summed E-state index contributed by atoms with van der Waals surface area (Å²) in [5.74, 6) is -0.0303. The zero-order valence-corrected chi connectivity index (χ0v) is 16.6. The van der Waals surface area contributed by atoms with Crippen molar-refractivity contribution in [3.8, 4) is 5.88 Å². The number of carbonyl (C=O) groups excluding carboxylic acids is 2. The first-order valence-corrected chi connectivity index (χ1v) is 8.36. The predicted molar refractivity (Wildman–Crippen MR) is 98.2 cm³/mol. The largest absolute Gasteiger partial charge is 0.481 e. The smallest absolute Gasteiger partial charge is 0.412 e. The van der Waals surface area contributed by atoms with Crippen molar-refractivity contribution in [3.63, 3.8) is 0 Å². The summed E-state index contributed by atoms with van der Waals surface area (Å²) in [5.41, 5.74) is -0.0722. The second-order valence-electron chi connectivity index (χ2n) is 7.66. The van der Waals surface area contributed by atoms with Crippen LogP contribution in [-0.4, -0.2) is 41.9 Å². The first-order valence-electron chi connectivity index (χ1n) is 8.36. The Morgan fingerprint density at radius 1 is 1.08 bits per heavy atom. The standard InChI is InChI=1S/C18H29N3O5/c1-17(2,3)25-14(22)11-19-10-12-13(8-9-20-15(12)24-7)21-16(23)26-18(4,5)6/h8-9,19H,10-11H2,1-7H3,(H,20,21,23). The maximum atomic E-state index is 12.0. The summed E-state index contributed by atoms with van der Waals surface area (Å²) in [7, 11) is 1.48. The fraction of sp³-hybridized carbons (Fsp3) is 0.611. The zero-order chi connectivity index (χ0) is 20.0. The van der Waals surface area contributed by atoms with Gasteiger partial charge < -0.3 is 19.5 Å². The molecule has 1 aromatic heterocycles. The highest BCUT2D eigenvalue weighted by Crippen LogP contribution is 2.24. The number of aromatic nitrogens is 1. The summed E-state index contributed by atoms with van der Waals surface area (Å²) in [6.07, 6.45) is 0.933. The zero-order valence-electron chi connectivity index (χ0n) is 16.6. The molecule has 2 N–H and O–H groups in total. The molecular weight excluding hydrogens is 338 g/mol. The Kier molecular flexibility index (Phi) is 7.38. The predicted octanol–water partition coefficient (Wildman–Crippen LogP) is 2.87. The monoisotopic (exact) mass is 367 g/mol. The summed E-state index contributed by atoms with van der Waals surface area (Å²) >= 11 is 0. The Morgan fingerprint density at radius 2 is 1.69 bits per heavy atom. The van der Waals surface area contributed by atoms with Crippen molar-refractivity contribution in [1.29, 1.82) is 0 Å². The van der Waals surface area contributed by atoms with Crippen LogP contribution < -0.4 is 15.4 Å². The Hall–Kier alpha value is -2.35. The van der Waals surface area contributed by atoms with Gasteiger partial charge in [-0.2, -0.15) is 0 Å². The normalized spacial score (nSPS) is 11.7. The van der Waals surface area contributed by atoms with E-state index in [1.165, 1.54) is 13.3 Å². The molecule has 0 fully saturated rings. The molecule has 1 amide bonds. The molecule has 8 nitrogen and oxygen atoms in total. The van der Waals surface area contributed by atoms with Crippen LogP contribution in [0.3, 0.4) is 0 Å². The van der Waals surface area contributed by atoms with E-state index in [-0.39, 0.29) is 19.1 Å². The Morgan fingerprint density at radius 3 is 2.23 bits per heavy atom. The summed E-state index contributed by atoms with van der Waals surface area (Å²) in [6, 6.07) is 1.64. The number of nitrogens with zero attached hydrogens (tertiary/aromatic N) is 1. The molecule has 1 rings (SSSR count). The summed E-state index contributed by atoms with van der Waals surface area (Å²) in [5, 5.41) is 5.65.